The molecule has 21 heavy (non-hydrogen) atoms. The van der Waals surface area contributed by atoms with Gasteiger partial charge >= 0.3 is 0 Å². The number of rotatable bonds is 4. The van der Waals surface area contributed by atoms with E-state index in [4.69, 9.17) is 4.98 Å². The van der Waals surface area contributed by atoms with Crippen LogP contribution in [0, 0.1) is 6.92 Å². The highest BCUT2D eigenvalue weighted by atomic mass is 32.1. The maximum atomic E-state index is 4.72. The maximum absolute atomic E-state index is 4.72. The molecule has 7 heteroatoms. The smallest absolute Gasteiger partial charge is 0.200 e. The standard InChI is InChI=1S/C14H16N6S/c1-9-7-11(14-18-16-8-20(14)19-9)15-6-5-13-17-10-3-2-4-12(10)21-13/h7-8,15H,2-6H2,1H3. The average molecular weight is 300 g/mol. The van der Waals surface area contributed by atoms with Crippen molar-refractivity contribution in [3.63, 3.8) is 0 Å². The van der Waals surface area contributed by atoms with Crippen LogP contribution < -0.4 is 5.32 Å². The van der Waals surface area contributed by atoms with Gasteiger partial charge in [0.2, 0.25) is 5.65 Å². The molecule has 0 bridgehead atoms. The van der Waals surface area contributed by atoms with Crippen molar-refractivity contribution < 1.29 is 0 Å². The van der Waals surface area contributed by atoms with Gasteiger partial charge in [-0.05, 0) is 32.3 Å². The Morgan fingerprint density at radius 2 is 2.33 bits per heavy atom. The zero-order chi connectivity index (χ0) is 14.2. The number of hydrogen-bond donors (Lipinski definition) is 1. The minimum Gasteiger partial charge on any atom is -0.381 e. The van der Waals surface area contributed by atoms with Crippen molar-refractivity contribution in [3.05, 3.63) is 33.7 Å². The van der Waals surface area contributed by atoms with Gasteiger partial charge in [0, 0.05) is 17.8 Å². The van der Waals surface area contributed by atoms with Crippen molar-refractivity contribution in [1.29, 1.82) is 0 Å². The van der Waals surface area contributed by atoms with Gasteiger partial charge < -0.3 is 5.32 Å². The van der Waals surface area contributed by atoms with Gasteiger partial charge in [0.05, 0.1) is 22.1 Å². The molecule has 3 aromatic rings. The lowest BCUT2D eigenvalue weighted by molar-refractivity contribution is 0.882. The molecular formula is C14H16N6S. The molecule has 108 valence electrons. The van der Waals surface area contributed by atoms with Gasteiger partial charge in [-0.3, -0.25) is 0 Å². The van der Waals surface area contributed by atoms with Crippen LogP contribution in [0.3, 0.4) is 0 Å². The van der Waals surface area contributed by atoms with Crippen molar-refractivity contribution in [2.75, 3.05) is 11.9 Å². The predicted octanol–water partition coefficient (Wildman–Crippen LogP) is 2.03. The van der Waals surface area contributed by atoms with Crippen molar-refractivity contribution in [2.45, 2.75) is 32.6 Å². The molecule has 1 N–H and O–H groups in total. The number of hydrogen-bond acceptors (Lipinski definition) is 6. The summed E-state index contributed by atoms with van der Waals surface area (Å²) in [5, 5.41) is 17.0. The summed E-state index contributed by atoms with van der Waals surface area (Å²) in [5.41, 5.74) is 4.01. The molecule has 0 radical (unpaired) electrons. The van der Waals surface area contributed by atoms with Crippen LogP contribution in [0.2, 0.25) is 0 Å². The molecule has 0 aliphatic heterocycles. The number of anilines is 1. The lowest BCUT2D eigenvalue weighted by Gasteiger charge is -2.07. The van der Waals surface area contributed by atoms with Crippen LogP contribution in [-0.2, 0) is 19.3 Å². The molecule has 0 amide bonds. The monoisotopic (exact) mass is 300 g/mol. The summed E-state index contributed by atoms with van der Waals surface area (Å²) in [6.07, 6.45) is 6.21. The van der Waals surface area contributed by atoms with Gasteiger partial charge in [-0.2, -0.15) is 9.61 Å². The summed E-state index contributed by atoms with van der Waals surface area (Å²) < 4.78 is 1.70. The van der Waals surface area contributed by atoms with Crippen LogP contribution in [0.1, 0.15) is 27.7 Å². The summed E-state index contributed by atoms with van der Waals surface area (Å²) in [5.74, 6) is 0. The highest BCUT2D eigenvalue weighted by molar-refractivity contribution is 7.11. The molecule has 0 fully saturated rings. The summed E-state index contributed by atoms with van der Waals surface area (Å²) in [7, 11) is 0. The SMILES string of the molecule is Cc1cc(NCCc2nc3c(s2)CCC3)c2nncn2n1. The number of thiazole rings is 1. The third kappa shape index (κ3) is 2.37. The van der Waals surface area contributed by atoms with E-state index in [2.05, 4.69) is 20.6 Å². The Labute approximate surface area is 126 Å². The Bertz CT molecular complexity index is 768. The van der Waals surface area contributed by atoms with Gasteiger partial charge in [-0.25, -0.2) is 4.98 Å². The first-order valence-electron chi connectivity index (χ1n) is 7.18. The first-order chi connectivity index (χ1) is 10.3. The van der Waals surface area contributed by atoms with E-state index in [1.165, 1.54) is 28.4 Å². The molecule has 3 aromatic heterocycles. The first-order valence-corrected chi connectivity index (χ1v) is 8.00. The van der Waals surface area contributed by atoms with E-state index in [0.29, 0.717) is 0 Å². The van der Waals surface area contributed by atoms with E-state index in [-0.39, 0.29) is 0 Å². The lowest BCUT2D eigenvalue weighted by atomic mass is 10.3. The van der Waals surface area contributed by atoms with Crippen LogP contribution in [0.4, 0.5) is 5.69 Å². The molecule has 0 atom stereocenters. The van der Waals surface area contributed by atoms with E-state index >= 15 is 0 Å². The Kier molecular flexibility index (Phi) is 3.07. The van der Waals surface area contributed by atoms with Crippen LogP contribution in [-0.4, -0.2) is 31.3 Å². The first kappa shape index (κ1) is 12.7. The van der Waals surface area contributed by atoms with Crippen LogP contribution >= 0.6 is 11.3 Å². The Balaban J connectivity index is 1.46. The number of nitrogens with one attached hydrogen (secondary N) is 1. The number of fused-ring (bicyclic) bond motifs is 2. The lowest BCUT2D eigenvalue weighted by Crippen LogP contribution is -2.07. The third-order valence-corrected chi connectivity index (χ3v) is 4.90. The fourth-order valence-electron chi connectivity index (χ4n) is 2.74. The molecule has 1 aliphatic carbocycles. The van der Waals surface area contributed by atoms with Gasteiger partial charge in [-0.1, -0.05) is 0 Å². The third-order valence-electron chi connectivity index (χ3n) is 3.68. The highest BCUT2D eigenvalue weighted by Gasteiger charge is 2.16. The normalized spacial score (nSPS) is 13.8. The molecule has 3 heterocycles. The van der Waals surface area contributed by atoms with Crippen LogP contribution in [0.25, 0.3) is 5.65 Å². The maximum Gasteiger partial charge on any atom is 0.200 e. The zero-order valence-electron chi connectivity index (χ0n) is 11.8. The molecule has 0 spiro atoms. The van der Waals surface area contributed by atoms with Crippen LogP contribution in [0.15, 0.2) is 12.4 Å². The van der Waals surface area contributed by atoms with Crippen molar-refractivity contribution >= 4 is 22.7 Å². The largest absolute Gasteiger partial charge is 0.381 e. The Hall–Kier alpha value is -2.02. The fourth-order valence-corrected chi connectivity index (χ4v) is 3.89. The molecular weight excluding hydrogens is 284 g/mol. The summed E-state index contributed by atoms with van der Waals surface area (Å²) >= 11 is 1.87. The number of aryl methyl sites for hydroxylation is 3. The molecule has 0 aromatic carbocycles. The van der Waals surface area contributed by atoms with Crippen molar-refractivity contribution in [3.8, 4) is 0 Å². The van der Waals surface area contributed by atoms with Crippen molar-refractivity contribution in [2.24, 2.45) is 0 Å². The van der Waals surface area contributed by atoms with Crippen LogP contribution in [0.5, 0.6) is 0 Å². The summed E-state index contributed by atoms with van der Waals surface area (Å²) in [6, 6.07) is 2.01. The minimum absolute atomic E-state index is 0.766. The summed E-state index contributed by atoms with van der Waals surface area (Å²) in [6.45, 7) is 2.81. The topological polar surface area (TPSA) is 68.0 Å². The fraction of sp³-hybridized carbons (Fsp3) is 0.429. The van der Waals surface area contributed by atoms with Gasteiger partial charge in [0.15, 0.2) is 0 Å². The number of aromatic nitrogens is 5. The van der Waals surface area contributed by atoms with E-state index in [9.17, 15) is 0 Å². The zero-order valence-corrected chi connectivity index (χ0v) is 12.7. The Morgan fingerprint density at radius 3 is 3.24 bits per heavy atom. The van der Waals surface area contributed by atoms with E-state index < -0.39 is 0 Å². The predicted molar refractivity (Wildman–Crippen MR) is 81.9 cm³/mol. The second-order valence-corrected chi connectivity index (χ2v) is 6.47. The average Bonchev–Trinajstić information content (AvgIpc) is 3.12. The second kappa shape index (κ2) is 5.07. The van der Waals surface area contributed by atoms with Gasteiger partial charge in [0.1, 0.15) is 6.33 Å². The molecule has 0 unspecified atom stereocenters. The minimum atomic E-state index is 0.766. The molecule has 4 rings (SSSR count). The number of nitrogens with zero attached hydrogens (tertiary/aromatic N) is 5. The van der Waals surface area contributed by atoms with E-state index in [1.54, 1.807) is 10.8 Å². The molecule has 1 aliphatic rings. The molecule has 0 saturated heterocycles. The molecule has 6 nitrogen and oxygen atoms in total. The Morgan fingerprint density at radius 1 is 1.38 bits per heavy atom. The van der Waals surface area contributed by atoms with Gasteiger partial charge in [-0.15, -0.1) is 21.5 Å². The van der Waals surface area contributed by atoms with Gasteiger partial charge in [0.25, 0.3) is 0 Å². The van der Waals surface area contributed by atoms with Crippen molar-refractivity contribution in [1.82, 2.24) is 24.8 Å². The second-order valence-electron chi connectivity index (χ2n) is 5.31. The quantitative estimate of drug-likeness (QED) is 0.798. The molecule has 0 saturated carbocycles. The van der Waals surface area contributed by atoms with E-state index in [0.717, 1.165) is 36.4 Å². The van der Waals surface area contributed by atoms with E-state index in [1.807, 2.05) is 24.3 Å². The summed E-state index contributed by atoms with van der Waals surface area (Å²) in [4.78, 5) is 6.22. The highest BCUT2D eigenvalue weighted by Crippen LogP contribution is 2.27.